The van der Waals surface area contributed by atoms with Gasteiger partial charge in [0.25, 0.3) is 0 Å². The number of benzene rings is 1. The van der Waals surface area contributed by atoms with Gasteiger partial charge in [0.1, 0.15) is 0 Å². The van der Waals surface area contributed by atoms with Crippen molar-refractivity contribution in [1.82, 2.24) is 9.80 Å². The SMILES string of the molecule is C[C@H](c1ccc(Br)cc1)N1CCN(CC(=O)O)CC1. The Balaban J connectivity index is 1.90. The van der Waals surface area contributed by atoms with E-state index in [2.05, 4.69) is 52.0 Å². The minimum Gasteiger partial charge on any atom is -0.480 e. The lowest BCUT2D eigenvalue weighted by molar-refractivity contribution is -0.138. The first-order valence-electron chi connectivity index (χ1n) is 6.50. The van der Waals surface area contributed by atoms with Gasteiger partial charge in [-0.3, -0.25) is 14.6 Å². The van der Waals surface area contributed by atoms with Crippen LogP contribution in [-0.2, 0) is 4.79 Å². The molecule has 5 heteroatoms. The maximum Gasteiger partial charge on any atom is 0.317 e. The van der Waals surface area contributed by atoms with Gasteiger partial charge < -0.3 is 5.11 Å². The summed E-state index contributed by atoms with van der Waals surface area (Å²) in [6, 6.07) is 8.77. The summed E-state index contributed by atoms with van der Waals surface area (Å²) in [5, 5.41) is 8.79. The summed E-state index contributed by atoms with van der Waals surface area (Å²) in [7, 11) is 0. The number of halogens is 1. The predicted molar refractivity (Wildman–Crippen MR) is 78.2 cm³/mol. The van der Waals surface area contributed by atoms with E-state index in [9.17, 15) is 4.79 Å². The molecule has 0 radical (unpaired) electrons. The van der Waals surface area contributed by atoms with Crippen molar-refractivity contribution in [2.45, 2.75) is 13.0 Å². The number of carboxylic acid groups (broad SMARTS) is 1. The first kappa shape index (κ1) is 14.5. The number of hydrogen-bond donors (Lipinski definition) is 1. The van der Waals surface area contributed by atoms with Gasteiger partial charge in [-0.2, -0.15) is 0 Å². The van der Waals surface area contributed by atoms with Crippen molar-refractivity contribution >= 4 is 21.9 Å². The molecule has 0 spiro atoms. The van der Waals surface area contributed by atoms with Gasteiger partial charge in [-0.1, -0.05) is 28.1 Å². The van der Waals surface area contributed by atoms with E-state index in [1.54, 1.807) is 0 Å². The molecule has 0 amide bonds. The van der Waals surface area contributed by atoms with Gasteiger partial charge >= 0.3 is 5.97 Å². The second-order valence-corrected chi connectivity index (χ2v) is 5.85. The standard InChI is InChI=1S/C14H19BrN2O2/c1-11(12-2-4-13(15)5-3-12)17-8-6-16(7-9-17)10-14(18)19/h2-5,11H,6-10H2,1H3,(H,18,19)/t11-/m1/s1. The van der Waals surface area contributed by atoms with Crippen molar-refractivity contribution in [3.63, 3.8) is 0 Å². The van der Waals surface area contributed by atoms with E-state index in [4.69, 9.17) is 5.11 Å². The third-order valence-electron chi connectivity index (χ3n) is 3.67. The molecule has 1 fully saturated rings. The van der Waals surface area contributed by atoms with Crippen LogP contribution in [0.2, 0.25) is 0 Å². The van der Waals surface area contributed by atoms with Gasteiger partial charge in [0, 0.05) is 36.7 Å². The number of nitrogens with zero attached hydrogens (tertiary/aromatic N) is 2. The fourth-order valence-electron chi connectivity index (χ4n) is 2.45. The number of hydrogen-bond acceptors (Lipinski definition) is 3. The average Bonchev–Trinajstić information content (AvgIpc) is 2.39. The van der Waals surface area contributed by atoms with Crippen molar-refractivity contribution in [2.75, 3.05) is 32.7 Å². The molecule has 0 unspecified atom stereocenters. The number of carboxylic acids is 1. The Morgan fingerprint density at radius 1 is 1.26 bits per heavy atom. The zero-order chi connectivity index (χ0) is 13.8. The molecule has 4 nitrogen and oxygen atoms in total. The molecule has 19 heavy (non-hydrogen) atoms. The number of carbonyl (C=O) groups is 1. The summed E-state index contributed by atoms with van der Waals surface area (Å²) in [5.74, 6) is -0.741. The zero-order valence-corrected chi connectivity index (χ0v) is 12.6. The van der Waals surface area contributed by atoms with Crippen LogP contribution in [0.25, 0.3) is 0 Å². The summed E-state index contributed by atoms with van der Waals surface area (Å²) >= 11 is 3.45. The highest BCUT2D eigenvalue weighted by Gasteiger charge is 2.22. The molecule has 1 heterocycles. The van der Waals surface area contributed by atoms with Crippen LogP contribution in [0.4, 0.5) is 0 Å². The van der Waals surface area contributed by atoms with Crippen LogP contribution in [0.1, 0.15) is 18.5 Å². The van der Waals surface area contributed by atoms with Crippen LogP contribution in [0, 0.1) is 0 Å². The largest absolute Gasteiger partial charge is 0.480 e. The summed E-state index contributed by atoms with van der Waals surface area (Å²) in [6.45, 7) is 5.85. The van der Waals surface area contributed by atoms with Crippen molar-refractivity contribution in [2.24, 2.45) is 0 Å². The molecule has 104 valence electrons. The number of rotatable bonds is 4. The highest BCUT2D eigenvalue weighted by atomic mass is 79.9. The molecule has 0 aromatic heterocycles. The minimum atomic E-state index is -0.741. The summed E-state index contributed by atoms with van der Waals surface area (Å²) < 4.78 is 1.09. The molecule has 0 aliphatic carbocycles. The van der Waals surface area contributed by atoms with Crippen LogP contribution in [0.3, 0.4) is 0 Å². The minimum absolute atomic E-state index is 0.153. The van der Waals surface area contributed by atoms with Crippen molar-refractivity contribution in [1.29, 1.82) is 0 Å². The van der Waals surface area contributed by atoms with E-state index in [1.165, 1.54) is 5.56 Å². The van der Waals surface area contributed by atoms with E-state index >= 15 is 0 Å². The molecule has 1 N–H and O–H groups in total. The highest BCUT2D eigenvalue weighted by Crippen LogP contribution is 2.23. The average molecular weight is 327 g/mol. The fraction of sp³-hybridized carbons (Fsp3) is 0.500. The van der Waals surface area contributed by atoms with Crippen LogP contribution < -0.4 is 0 Å². The van der Waals surface area contributed by atoms with E-state index in [0.29, 0.717) is 6.04 Å². The summed E-state index contributed by atoms with van der Waals surface area (Å²) in [5.41, 5.74) is 1.30. The Morgan fingerprint density at radius 2 is 1.84 bits per heavy atom. The lowest BCUT2D eigenvalue weighted by atomic mass is 10.1. The maximum absolute atomic E-state index is 10.7. The lowest BCUT2D eigenvalue weighted by Crippen LogP contribution is -2.48. The third-order valence-corrected chi connectivity index (χ3v) is 4.19. The van der Waals surface area contributed by atoms with E-state index in [1.807, 2.05) is 4.90 Å². The molecule has 1 aromatic rings. The van der Waals surface area contributed by atoms with Gasteiger partial charge in [-0.15, -0.1) is 0 Å². The third kappa shape index (κ3) is 4.03. The second-order valence-electron chi connectivity index (χ2n) is 4.93. The van der Waals surface area contributed by atoms with Gasteiger partial charge in [-0.05, 0) is 24.6 Å². The second kappa shape index (κ2) is 6.50. The molecule has 0 bridgehead atoms. The highest BCUT2D eigenvalue weighted by molar-refractivity contribution is 9.10. The van der Waals surface area contributed by atoms with Crippen LogP contribution >= 0.6 is 15.9 Å². The first-order chi connectivity index (χ1) is 9.06. The molecule has 1 aliphatic heterocycles. The van der Waals surface area contributed by atoms with Crippen LogP contribution in [0.5, 0.6) is 0 Å². The number of piperazine rings is 1. The Labute approximate surface area is 122 Å². The normalized spacial score (nSPS) is 19.3. The molecule has 2 rings (SSSR count). The van der Waals surface area contributed by atoms with E-state index in [-0.39, 0.29) is 6.54 Å². The topological polar surface area (TPSA) is 43.8 Å². The molecule has 1 saturated heterocycles. The molecular weight excluding hydrogens is 308 g/mol. The zero-order valence-electron chi connectivity index (χ0n) is 11.1. The predicted octanol–water partition coefficient (Wildman–Crippen LogP) is 2.21. The van der Waals surface area contributed by atoms with Gasteiger partial charge in [0.05, 0.1) is 6.54 Å². The van der Waals surface area contributed by atoms with Gasteiger partial charge in [0.15, 0.2) is 0 Å². The Bertz CT molecular complexity index is 428. The molecule has 1 aliphatic rings. The quantitative estimate of drug-likeness (QED) is 0.921. The maximum atomic E-state index is 10.7. The van der Waals surface area contributed by atoms with Gasteiger partial charge in [-0.25, -0.2) is 0 Å². The summed E-state index contributed by atoms with van der Waals surface area (Å²) in [4.78, 5) is 15.1. The first-order valence-corrected chi connectivity index (χ1v) is 7.29. The van der Waals surface area contributed by atoms with Crippen LogP contribution in [0.15, 0.2) is 28.7 Å². The van der Waals surface area contributed by atoms with E-state index in [0.717, 1.165) is 30.7 Å². The molecule has 0 saturated carbocycles. The summed E-state index contributed by atoms with van der Waals surface area (Å²) in [6.07, 6.45) is 0. The molecule has 1 atom stereocenters. The Morgan fingerprint density at radius 3 is 2.37 bits per heavy atom. The van der Waals surface area contributed by atoms with E-state index < -0.39 is 5.97 Å². The monoisotopic (exact) mass is 326 g/mol. The molecular formula is C14H19BrN2O2. The van der Waals surface area contributed by atoms with Crippen molar-refractivity contribution < 1.29 is 9.90 Å². The number of aliphatic carboxylic acids is 1. The smallest absolute Gasteiger partial charge is 0.317 e. The van der Waals surface area contributed by atoms with Gasteiger partial charge in [0.2, 0.25) is 0 Å². The fourth-order valence-corrected chi connectivity index (χ4v) is 2.72. The van der Waals surface area contributed by atoms with Crippen LogP contribution in [-0.4, -0.2) is 53.6 Å². The Hall–Kier alpha value is -0.910. The Kier molecular flexibility index (Phi) is 4.96. The van der Waals surface area contributed by atoms with Crippen molar-refractivity contribution in [3.05, 3.63) is 34.3 Å². The lowest BCUT2D eigenvalue weighted by Gasteiger charge is -2.37. The van der Waals surface area contributed by atoms with Crippen molar-refractivity contribution in [3.8, 4) is 0 Å². The molecule has 1 aromatic carbocycles.